The van der Waals surface area contributed by atoms with E-state index in [9.17, 15) is 4.79 Å². The molecule has 4 heteroatoms. The highest BCUT2D eigenvalue weighted by atomic mass is 16.3. The Hall–Kier alpha value is -0.870. The van der Waals surface area contributed by atoms with Gasteiger partial charge in [0.15, 0.2) is 0 Å². The van der Waals surface area contributed by atoms with Crippen molar-refractivity contribution in [1.29, 1.82) is 0 Å². The number of carbonyl (C=O) groups is 1. The second-order valence-electron chi connectivity index (χ2n) is 4.69. The first kappa shape index (κ1) is 14.2. The van der Waals surface area contributed by atoms with Crippen molar-refractivity contribution in [2.75, 3.05) is 19.6 Å². The Kier molecular flexibility index (Phi) is 6.89. The van der Waals surface area contributed by atoms with Gasteiger partial charge in [-0.05, 0) is 32.6 Å². The van der Waals surface area contributed by atoms with Crippen molar-refractivity contribution in [1.82, 2.24) is 10.6 Å². The molecule has 0 spiro atoms. The van der Waals surface area contributed by atoms with Gasteiger partial charge in [-0.1, -0.05) is 11.6 Å². The lowest BCUT2D eigenvalue weighted by Gasteiger charge is -2.13. The van der Waals surface area contributed by atoms with Crippen LogP contribution in [0, 0.1) is 0 Å². The molecule has 1 amide bonds. The van der Waals surface area contributed by atoms with E-state index in [1.54, 1.807) is 6.92 Å². The Labute approximate surface area is 103 Å². The zero-order valence-corrected chi connectivity index (χ0v) is 10.7. The monoisotopic (exact) mass is 240 g/mol. The normalized spacial score (nSPS) is 17.4. The molecule has 0 aromatic rings. The van der Waals surface area contributed by atoms with Gasteiger partial charge in [0.1, 0.15) is 0 Å². The van der Waals surface area contributed by atoms with Crippen LogP contribution >= 0.6 is 0 Å². The molecule has 17 heavy (non-hydrogen) atoms. The van der Waals surface area contributed by atoms with E-state index in [2.05, 4.69) is 16.7 Å². The lowest BCUT2D eigenvalue weighted by Crippen LogP contribution is -2.34. The van der Waals surface area contributed by atoms with Gasteiger partial charge in [0.25, 0.3) is 0 Å². The van der Waals surface area contributed by atoms with Crippen molar-refractivity contribution in [2.45, 2.75) is 45.1 Å². The molecule has 1 atom stereocenters. The Bertz CT molecular complexity index is 262. The number of amides is 1. The zero-order chi connectivity index (χ0) is 12.5. The van der Waals surface area contributed by atoms with Crippen LogP contribution in [0.15, 0.2) is 11.6 Å². The quantitative estimate of drug-likeness (QED) is 0.459. The van der Waals surface area contributed by atoms with Crippen LogP contribution in [0.3, 0.4) is 0 Å². The van der Waals surface area contributed by atoms with Crippen LogP contribution in [0.1, 0.15) is 39.0 Å². The molecule has 4 nitrogen and oxygen atoms in total. The maximum atomic E-state index is 11.6. The molecule has 0 aromatic carbocycles. The fourth-order valence-electron chi connectivity index (χ4n) is 1.94. The molecule has 0 heterocycles. The summed E-state index contributed by atoms with van der Waals surface area (Å²) in [5, 5.41) is 15.0. The number of hydrogen-bond donors (Lipinski definition) is 3. The van der Waals surface area contributed by atoms with E-state index in [-0.39, 0.29) is 12.0 Å². The minimum atomic E-state index is -0.335. The molecular formula is C13H24N2O2. The summed E-state index contributed by atoms with van der Waals surface area (Å²) in [4.78, 5) is 11.6. The van der Waals surface area contributed by atoms with Crippen molar-refractivity contribution in [3.05, 3.63) is 11.6 Å². The first-order valence-electron chi connectivity index (χ1n) is 6.52. The highest BCUT2D eigenvalue weighted by Crippen LogP contribution is 2.19. The maximum absolute atomic E-state index is 11.6. The summed E-state index contributed by atoms with van der Waals surface area (Å²) in [6.07, 6.45) is 7.10. The van der Waals surface area contributed by atoms with Gasteiger partial charge in [-0.25, -0.2) is 0 Å². The molecular weight excluding hydrogens is 216 g/mol. The second-order valence-corrected chi connectivity index (χ2v) is 4.69. The van der Waals surface area contributed by atoms with Crippen molar-refractivity contribution in [2.24, 2.45) is 0 Å². The first-order valence-corrected chi connectivity index (χ1v) is 6.52. The molecule has 3 N–H and O–H groups in total. The zero-order valence-electron chi connectivity index (χ0n) is 10.7. The molecule has 1 rings (SSSR count). The molecule has 0 saturated carbocycles. The smallest absolute Gasteiger partial charge is 0.224 e. The summed E-state index contributed by atoms with van der Waals surface area (Å²) < 4.78 is 0. The summed E-state index contributed by atoms with van der Waals surface area (Å²) in [6, 6.07) is 0. The average Bonchev–Trinajstić information content (AvgIpc) is 2.29. The van der Waals surface area contributed by atoms with Crippen LogP contribution in [0.4, 0.5) is 0 Å². The van der Waals surface area contributed by atoms with Crippen molar-refractivity contribution >= 4 is 5.91 Å². The number of carbonyl (C=O) groups excluding carboxylic acids is 1. The summed E-state index contributed by atoms with van der Waals surface area (Å²) in [7, 11) is 0. The Balaban J connectivity index is 2.03. The van der Waals surface area contributed by atoms with Crippen LogP contribution in [-0.4, -0.2) is 36.8 Å². The van der Waals surface area contributed by atoms with E-state index in [1.807, 2.05) is 0 Å². The minimum absolute atomic E-state index is 0.108. The van der Waals surface area contributed by atoms with Crippen LogP contribution in [0.25, 0.3) is 0 Å². The molecule has 98 valence electrons. The molecule has 1 aliphatic rings. The van der Waals surface area contributed by atoms with Crippen LogP contribution in [0.5, 0.6) is 0 Å². The van der Waals surface area contributed by atoms with Gasteiger partial charge in [-0.2, -0.15) is 0 Å². The molecule has 0 saturated heterocycles. The molecule has 0 bridgehead atoms. The van der Waals surface area contributed by atoms with Gasteiger partial charge >= 0.3 is 0 Å². The summed E-state index contributed by atoms with van der Waals surface area (Å²) in [5.41, 5.74) is 1.28. The number of hydrogen-bond acceptors (Lipinski definition) is 3. The highest BCUT2D eigenvalue weighted by molar-refractivity contribution is 5.78. The molecule has 0 aromatic heterocycles. The van der Waals surface area contributed by atoms with Gasteiger partial charge in [-0.3, -0.25) is 4.79 Å². The number of nitrogens with one attached hydrogen (secondary N) is 2. The van der Waals surface area contributed by atoms with Crippen molar-refractivity contribution in [3.8, 4) is 0 Å². The molecule has 0 aliphatic heterocycles. The fraction of sp³-hybridized carbons (Fsp3) is 0.769. The Morgan fingerprint density at radius 1 is 1.47 bits per heavy atom. The van der Waals surface area contributed by atoms with E-state index in [4.69, 9.17) is 5.11 Å². The third-order valence-electron chi connectivity index (χ3n) is 2.84. The maximum Gasteiger partial charge on any atom is 0.224 e. The van der Waals surface area contributed by atoms with Gasteiger partial charge < -0.3 is 15.7 Å². The van der Waals surface area contributed by atoms with E-state index in [1.165, 1.54) is 18.4 Å². The van der Waals surface area contributed by atoms with E-state index >= 15 is 0 Å². The second kappa shape index (κ2) is 8.25. The summed E-state index contributed by atoms with van der Waals surface area (Å²) >= 11 is 0. The third-order valence-corrected chi connectivity index (χ3v) is 2.84. The van der Waals surface area contributed by atoms with E-state index < -0.39 is 0 Å². The lowest BCUT2D eigenvalue weighted by molar-refractivity contribution is -0.120. The number of rotatable bonds is 7. The van der Waals surface area contributed by atoms with Crippen LogP contribution in [-0.2, 0) is 4.79 Å². The number of aliphatic hydroxyl groups excluding tert-OH is 1. The lowest BCUT2D eigenvalue weighted by atomic mass is 9.97. The SMILES string of the molecule is CC(O)CNCCNC(=O)CC1=CCCCC1. The highest BCUT2D eigenvalue weighted by Gasteiger charge is 2.08. The standard InChI is InChI=1S/C13H24N2O2/c1-11(16)10-14-7-8-15-13(17)9-12-5-3-2-4-6-12/h5,11,14,16H,2-4,6-10H2,1H3,(H,15,17). The Morgan fingerprint density at radius 3 is 2.94 bits per heavy atom. The molecule has 1 aliphatic carbocycles. The van der Waals surface area contributed by atoms with Gasteiger partial charge in [-0.15, -0.1) is 0 Å². The van der Waals surface area contributed by atoms with Crippen molar-refractivity contribution < 1.29 is 9.90 Å². The van der Waals surface area contributed by atoms with Crippen LogP contribution in [0.2, 0.25) is 0 Å². The molecule has 0 radical (unpaired) electrons. The van der Waals surface area contributed by atoms with Crippen molar-refractivity contribution in [3.63, 3.8) is 0 Å². The largest absolute Gasteiger partial charge is 0.392 e. The van der Waals surface area contributed by atoms with E-state index in [0.29, 0.717) is 26.1 Å². The first-order chi connectivity index (χ1) is 8.18. The molecule has 0 fully saturated rings. The van der Waals surface area contributed by atoms with Gasteiger partial charge in [0.05, 0.1) is 6.10 Å². The third kappa shape index (κ3) is 7.13. The topological polar surface area (TPSA) is 61.4 Å². The predicted molar refractivity (Wildman–Crippen MR) is 68.7 cm³/mol. The fourth-order valence-corrected chi connectivity index (χ4v) is 1.94. The number of aliphatic hydroxyl groups is 1. The number of allylic oxidation sites excluding steroid dienone is 1. The van der Waals surface area contributed by atoms with Gasteiger partial charge in [0, 0.05) is 26.1 Å². The summed E-state index contributed by atoms with van der Waals surface area (Å²) in [5.74, 6) is 0.108. The predicted octanol–water partition coefficient (Wildman–Crippen LogP) is 0.963. The minimum Gasteiger partial charge on any atom is -0.392 e. The Morgan fingerprint density at radius 2 is 2.29 bits per heavy atom. The van der Waals surface area contributed by atoms with Crippen LogP contribution < -0.4 is 10.6 Å². The summed E-state index contributed by atoms with van der Waals surface area (Å²) in [6.45, 7) is 3.64. The van der Waals surface area contributed by atoms with E-state index in [0.717, 1.165) is 12.8 Å². The van der Waals surface area contributed by atoms with Gasteiger partial charge in [0.2, 0.25) is 5.91 Å². The molecule has 1 unspecified atom stereocenters. The average molecular weight is 240 g/mol.